The molecule has 102 valence electrons. The van der Waals surface area contributed by atoms with Gasteiger partial charge >= 0.3 is 0 Å². The van der Waals surface area contributed by atoms with Crippen molar-refractivity contribution in [3.63, 3.8) is 0 Å². The first kappa shape index (κ1) is 13.9. The Labute approximate surface area is 134 Å². The zero-order valence-corrected chi connectivity index (χ0v) is 13.3. The molecule has 0 saturated heterocycles. The lowest BCUT2D eigenvalue weighted by atomic mass is 9.96. The summed E-state index contributed by atoms with van der Waals surface area (Å²) in [6.45, 7) is 0. The normalized spacial score (nSPS) is 17.6. The standard InChI is InChI=1S/C15H9BrCl2O2/c16-8-1-3-10(12(18)5-8)15-7-13(19)11-6-9(17)2-4-14(11)20-15/h1-6,15H,7H2. The number of hydrogen-bond acceptors (Lipinski definition) is 2. The molecule has 0 bridgehead atoms. The van der Waals surface area contributed by atoms with Crippen LogP contribution in [0, 0.1) is 0 Å². The molecule has 2 nitrogen and oxygen atoms in total. The summed E-state index contributed by atoms with van der Waals surface area (Å²) in [6, 6.07) is 10.6. The van der Waals surface area contributed by atoms with Gasteiger partial charge in [0.2, 0.25) is 0 Å². The van der Waals surface area contributed by atoms with E-state index in [0.717, 1.165) is 10.0 Å². The summed E-state index contributed by atoms with van der Waals surface area (Å²) in [6.07, 6.45) is -0.105. The highest BCUT2D eigenvalue weighted by atomic mass is 79.9. The van der Waals surface area contributed by atoms with E-state index in [0.29, 0.717) is 21.4 Å². The largest absolute Gasteiger partial charge is 0.484 e. The molecule has 20 heavy (non-hydrogen) atoms. The van der Waals surface area contributed by atoms with Gasteiger partial charge in [-0.05, 0) is 30.3 Å². The summed E-state index contributed by atoms with van der Waals surface area (Å²) >= 11 is 15.5. The van der Waals surface area contributed by atoms with Gasteiger partial charge in [0.05, 0.1) is 12.0 Å². The first-order valence-corrected chi connectivity index (χ1v) is 7.54. The van der Waals surface area contributed by atoms with Crippen molar-refractivity contribution in [2.75, 3.05) is 0 Å². The Kier molecular flexibility index (Phi) is 3.76. The third-order valence-electron chi connectivity index (χ3n) is 3.19. The molecule has 1 atom stereocenters. The minimum atomic E-state index is -0.364. The van der Waals surface area contributed by atoms with Gasteiger partial charge in [-0.3, -0.25) is 4.79 Å². The average Bonchev–Trinajstić information content (AvgIpc) is 2.39. The molecule has 2 aromatic rings. The maximum atomic E-state index is 12.2. The van der Waals surface area contributed by atoms with Crippen molar-refractivity contribution >= 4 is 44.9 Å². The molecular formula is C15H9BrCl2O2. The van der Waals surface area contributed by atoms with Crippen molar-refractivity contribution in [3.8, 4) is 5.75 Å². The zero-order valence-electron chi connectivity index (χ0n) is 10.2. The number of benzene rings is 2. The molecule has 0 aliphatic carbocycles. The number of carbonyl (C=O) groups is 1. The Balaban J connectivity index is 1.99. The zero-order chi connectivity index (χ0) is 14.3. The first-order valence-electron chi connectivity index (χ1n) is 5.99. The highest BCUT2D eigenvalue weighted by molar-refractivity contribution is 9.10. The van der Waals surface area contributed by atoms with Crippen LogP contribution in [-0.2, 0) is 0 Å². The van der Waals surface area contributed by atoms with E-state index in [2.05, 4.69) is 15.9 Å². The molecule has 1 aliphatic rings. The monoisotopic (exact) mass is 370 g/mol. The van der Waals surface area contributed by atoms with E-state index in [4.69, 9.17) is 27.9 Å². The predicted octanol–water partition coefficient (Wildman–Crippen LogP) is 5.46. The van der Waals surface area contributed by atoms with Gasteiger partial charge < -0.3 is 4.74 Å². The number of Topliss-reactive ketones (excluding diaryl/α,β-unsaturated/α-hetero) is 1. The molecule has 1 unspecified atom stereocenters. The average molecular weight is 372 g/mol. The van der Waals surface area contributed by atoms with Gasteiger partial charge in [0, 0.05) is 20.1 Å². The summed E-state index contributed by atoms with van der Waals surface area (Å²) in [5.41, 5.74) is 1.34. The fourth-order valence-electron chi connectivity index (χ4n) is 2.23. The molecule has 0 aromatic heterocycles. The van der Waals surface area contributed by atoms with Gasteiger partial charge in [0.1, 0.15) is 11.9 Å². The SMILES string of the molecule is O=C1CC(c2ccc(Br)cc2Cl)Oc2ccc(Cl)cc21. The van der Waals surface area contributed by atoms with Crippen molar-refractivity contribution in [2.45, 2.75) is 12.5 Å². The smallest absolute Gasteiger partial charge is 0.170 e. The molecule has 0 radical (unpaired) electrons. The van der Waals surface area contributed by atoms with Crippen LogP contribution in [0.3, 0.4) is 0 Å². The van der Waals surface area contributed by atoms with Crippen molar-refractivity contribution in [3.05, 3.63) is 62.0 Å². The third-order valence-corrected chi connectivity index (χ3v) is 4.25. The van der Waals surface area contributed by atoms with Crippen molar-refractivity contribution in [2.24, 2.45) is 0 Å². The van der Waals surface area contributed by atoms with E-state index >= 15 is 0 Å². The van der Waals surface area contributed by atoms with Crippen LogP contribution >= 0.6 is 39.1 Å². The lowest BCUT2D eigenvalue weighted by molar-refractivity contribution is 0.0850. The lowest BCUT2D eigenvalue weighted by Gasteiger charge is -2.26. The number of ketones is 1. The molecule has 3 rings (SSSR count). The van der Waals surface area contributed by atoms with E-state index in [9.17, 15) is 4.79 Å². The van der Waals surface area contributed by atoms with E-state index in [1.807, 2.05) is 12.1 Å². The van der Waals surface area contributed by atoms with E-state index < -0.39 is 0 Å². The Bertz CT molecular complexity index is 700. The molecule has 2 aromatic carbocycles. The Hall–Kier alpha value is -1.03. The molecule has 1 aliphatic heterocycles. The topological polar surface area (TPSA) is 26.3 Å². The maximum absolute atomic E-state index is 12.2. The summed E-state index contributed by atoms with van der Waals surface area (Å²) < 4.78 is 6.77. The lowest BCUT2D eigenvalue weighted by Crippen LogP contribution is -2.20. The molecule has 0 amide bonds. The van der Waals surface area contributed by atoms with E-state index in [1.54, 1.807) is 24.3 Å². The molecule has 0 fully saturated rings. The van der Waals surface area contributed by atoms with Crippen LogP contribution in [0.4, 0.5) is 0 Å². The Morgan fingerprint density at radius 2 is 1.95 bits per heavy atom. The van der Waals surface area contributed by atoms with Gasteiger partial charge in [0.25, 0.3) is 0 Å². The minimum absolute atomic E-state index is 0.0118. The summed E-state index contributed by atoms with van der Waals surface area (Å²) in [5, 5.41) is 1.11. The van der Waals surface area contributed by atoms with Crippen molar-refractivity contribution in [1.29, 1.82) is 0 Å². The van der Waals surface area contributed by atoms with Crippen molar-refractivity contribution < 1.29 is 9.53 Å². The maximum Gasteiger partial charge on any atom is 0.170 e. The summed E-state index contributed by atoms with van der Waals surface area (Å²) in [4.78, 5) is 12.2. The van der Waals surface area contributed by atoms with Crippen LogP contribution in [0.15, 0.2) is 40.9 Å². The fourth-order valence-corrected chi connectivity index (χ4v) is 3.20. The van der Waals surface area contributed by atoms with E-state index in [-0.39, 0.29) is 18.3 Å². The molecule has 0 N–H and O–H groups in total. The van der Waals surface area contributed by atoms with Crippen LogP contribution in [0.5, 0.6) is 5.75 Å². The van der Waals surface area contributed by atoms with Crippen molar-refractivity contribution in [1.82, 2.24) is 0 Å². The predicted molar refractivity (Wildman–Crippen MR) is 82.9 cm³/mol. The van der Waals surface area contributed by atoms with Gasteiger partial charge in [0.15, 0.2) is 5.78 Å². The number of rotatable bonds is 1. The van der Waals surface area contributed by atoms with Gasteiger partial charge in [-0.25, -0.2) is 0 Å². The first-order chi connectivity index (χ1) is 9.54. The highest BCUT2D eigenvalue weighted by Crippen LogP contribution is 2.38. The molecule has 0 saturated carbocycles. The van der Waals surface area contributed by atoms with Crippen LogP contribution in [0.1, 0.15) is 28.4 Å². The molecule has 0 spiro atoms. The summed E-state index contributed by atoms with van der Waals surface area (Å²) in [5.74, 6) is 0.562. The fraction of sp³-hybridized carbons (Fsp3) is 0.133. The second-order valence-corrected chi connectivity index (χ2v) is 6.30. The number of ether oxygens (including phenoxy) is 1. The third kappa shape index (κ3) is 2.58. The number of halogens is 3. The van der Waals surface area contributed by atoms with Crippen LogP contribution < -0.4 is 4.74 Å². The van der Waals surface area contributed by atoms with E-state index in [1.165, 1.54) is 0 Å². The summed E-state index contributed by atoms with van der Waals surface area (Å²) in [7, 11) is 0. The Morgan fingerprint density at radius 1 is 1.15 bits per heavy atom. The quantitative estimate of drug-likeness (QED) is 0.665. The van der Waals surface area contributed by atoms with Gasteiger partial charge in [-0.2, -0.15) is 0 Å². The minimum Gasteiger partial charge on any atom is -0.484 e. The van der Waals surface area contributed by atoms with Crippen LogP contribution in [0.2, 0.25) is 10.0 Å². The second kappa shape index (κ2) is 5.40. The number of carbonyl (C=O) groups excluding carboxylic acids is 1. The Morgan fingerprint density at radius 3 is 2.70 bits per heavy atom. The molecule has 5 heteroatoms. The van der Waals surface area contributed by atoms with Crippen LogP contribution in [0.25, 0.3) is 0 Å². The van der Waals surface area contributed by atoms with Gasteiger partial charge in [-0.15, -0.1) is 0 Å². The van der Waals surface area contributed by atoms with Gasteiger partial charge in [-0.1, -0.05) is 45.2 Å². The number of fused-ring (bicyclic) bond motifs is 1. The van der Waals surface area contributed by atoms with Crippen LogP contribution in [-0.4, -0.2) is 5.78 Å². The highest BCUT2D eigenvalue weighted by Gasteiger charge is 2.29. The second-order valence-electron chi connectivity index (χ2n) is 4.54. The number of hydrogen-bond donors (Lipinski definition) is 0. The molecule has 1 heterocycles. The molecular weight excluding hydrogens is 363 g/mol.